The number of hydrogen-bond acceptors (Lipinski definition) is 5. The highest BCUT2D eigenvalue weighted by atomic mass is 19.4. The van der Waals surface area contributed by atoms with Gasteiger partial charge in [-0.25, -0.2) is 9.67 Å². The minimum atomic E-state index is -4.43. The van der Waals surface area contributed by atoms with E-state index in [1.165, 1.54) is 6.07 Å². The van der Waals surface area contributed by atoms with E-state index < -0.39 is 11.7 Å². The second-order valence-corrected chi connectivity index (χ2v) is 9.29. The van der Waals surface area contributed by atoms with Gasteiger partial charge in [0.1, 0.15) is 5.82 Å². The van der Waals surface area contributed by atoms with E-state index in [0.29, 0.717) is 29.1 Å². The molecule has 2 bridgehead atoms. The molecule has 180 valence electrons. The largest absolute Gasteiger partial charge is 0.416 e. The van der Waals surface area contributed by atoms with Crippen molar-refractivity contribution < 1.29 is 13.2 Å². The first-order chi connectivity index (χ1) is 16.9. The zero-order chi connectivity index (χ0) is 24.2. The number of nitrogens with zero attached hydrogens (tertiary/aromatic N) is 4. The molecule has 0 aliphatic carbocycles. The van der Waals surface area contributed by atoms with Crippen LogP contribution in [0.5, 0.6) is 0 Å². The van der Waals surface area contributed by atoms with E-state index in [1.54, 1.807) is 23.0 Å². The van der Waals surface area contributed by atoms with Crippen molar-refractivity contribution in [2.24, 2.45) is 0 Å². The lowest BCUT2D eigenvalue weighted by Crippen LogP contribution is -2.43. The maximum Gasteiger partial charge on any atom is 0.416 e. The maximum absolute atomic E-state index is 13.6. The SMILES string of the molecule is C[C@@H](Nc1cc(-n2nc(N3C[C@@H]4C[C@H]3CN4)c3ccc(C(F)(F)F)cc32)ccn1)c1ccccc1. The lowest BCUT2D eigenvalue weighted by Gasteiger charge is -2.27. The molecule has 3 atom stereocenters. The molecule has 0 amide bonds. The molecule has 2 aromatic heterocycles. The van der Waals surface area contributed by atoms with Crippen molar-refractivity contribution >= 4 is 22.5 Å². The van der Waals surface area contributed by atoms with Crippen LogP contribution in [-0.4, -0.2) is 39.9 Å². The van der Waals surface area contributed by atoms with Crippen molar-refractivity contribution in [1.82, 2.24) is 20.1 Å². The number of rotatable bonds is 5. The Morgan fingerprint density at radius 2 is 1.91 bits per heavy atom. The van der Waals surface area contributed by atoms with Gasteiger partial charge in [-0.15, -0.1) is 5.10 Å². The summed E-state index contributed by atoms with van der Waals surface area (Å²) in [7, 11) is 0. The summed E-state index contributed by atoms with van der Waals surface area (Å²) >= 11 is 0. The van der Waals surface area contributed by atoms with E-state index in [-0.39, 0.29) is 6.04 Å². The normalized spacial score (nSPS) is 20.5. The van der Waals surface area contributed by atoms with Gasteiger partial charge >= 0.3 is 6.18 Å². The Morgan fingerprint density at radius 3 is 2.63 bits per heavy atom. The minimum Gasteiger partial charge on any atom is -0.363 e. The molecular weight excluding hydrogens is 453 g/mol. The van der Waals surface area contributed by atoms with Crippen LogP contribution in [0.15, 0.2) is 66.9 Å². The van der Waals surface area contributed by atoms with Crippen molar-refractivity contribution in [3.8, 4) is 5.69 Å². The number of fused-ring (bicyclic) bond motifs is 3. The third-order valence-electron chi connectivity index (χ3n) is 6.97. The number of halogens is 3. The fraction of sp³-hybridized carbons (Fsp3) is 0.308. The van der Waals surface area contributed by atoms with E-state index in [4.69, 9.17) is 5.10 Å². The standard InChI is InChI=1S/C26H25F3N6/c1-16(17-5-3-2-4-6-17)32-24-13-20(9-10-30-24)35-23-11-18(26(27,28)29)7-8-22(23)25(33-35)34-15-19-12-21(34)14-31-19/h2-11,13,16,19,21,31H,12,14-15H2,1H3,(H,30,32)/t16-,19+,21+/m1/s1. The zero-order valence-electron chi connectivity index (χ0n) is 19.1. The predicted molar refractivity (Wildman–Crippen MR) is 130 cm³/mol. The maximum atomic E-state index is 13.6. The van der Waals surface area contributed by atoms with Gasteiger partial charge in [0.25, 0.3) is 0 Å². The van der Waals surface area contributed by atoms with Crippen LogP contribution in [0.4, 0.5) is 24.8 Å². The van der Waals surface area contributed by atoms with E-state index in [2.05, 4.69) is 20.5 Å². The van der Waals surface area contributed by atoms with Crippen molar-refractivity contribution in [3.63, 3.8) is 0 Å². The highest BCUT2D eigenvalue weighted by molar-refractivity contribution is 5.93. The number of anilines is 2. The van der Waals surface area contributed by atoms with Gasteiger partial charge < -0.3 is 15.5 Å². The third-order valence-corrected chi connectivity index (χ3v) is 6.97. The second-order valence-electron chi connectivity index (χ2n) is 9.29. The zero-order valence-corrected chi connectivity index (χ0v) is 19.1. The molecule has 0 saturated carbocycles. The second kappa shape index (κ2) is 8.27. The van der Waals surface area contributed by atoms with Crippen molar-refractivity contribution in [2.45, 2.75) is 37.6 Å². The molecule has 2 aromatic carbocycles. The van der Waals surface area contributed by atoms with Gasteiger partial charge in [0.2, 0.25) is 0 Å². The summed E-state index contributed by atoms with van der Waals surface area (Å²) < 4.78 is 42.4. The lowest BCUT2D eigenvalue weighted by molar-refractivity contribution is -0.137. The Hall–Kier alpha value is -3.59. The number of alkyl halides is 3. The van der Waals surface area contributed by atoms with Crippen LogP contribution in [0.25, 0.3) is 16.6 Å². The molecule has 0 spiro atoms. The predicted octanol–water partition coefficient (Wildman–Crippen LogP) is 5.16. The van der Waals surface area contributed by atoms with Gasteiger partial charge in [0.15, 0.2) is 5.82 Å². The number of benzene rings is 2. The molecule has 4 heterocycles. The molecule has 2 saturated heterocycles. The molecular formula is C26H25F3N6. The summed E-state index contributed by atoms with van der Waals surface area (Å²) in [5.74, 6) is 1.35. The Labute approximate surface area is 200 Å². The van der Waals surface area contributed by atoms with Crippen molar-refractivity contribution in [2.75, 3.05) is 23.3 Å². The van der Waals surface area contributed by atoms with E-state index in [0.717, 1.165) is 42.3 Å². The molecule has 2 aliphatic rings. The first kappa shape index (κ1) is 21.9. The fourth-order valence-corrected chi connectivity index (χ4v) is 5.18. The molecule has 35 heavy (non-hydrogen) atoms. The van der Waals surface area contributed by atoms with Gasteiger partial charge in [-0.1, -0.05) is 30.3 Å². The molecule has 4 aromatic rings. The highest BCUT2D eigenvalue weighted by Gasteiger charge is 2.40. The number of nitrogens with one attached hydrogen (secondary N) is 2. The number of hydrogen-bond donors (Lipinski definition) is 2. The van der Waals surface area contributed by atoms with E-state index >= 15 is 0 Å². The van der Waals surface area contributed by atoms with Gasteiger partial charge in [-0.2, -0.15) is 13.2 Å². The molecule has 9 heteroatoms. The average molecular weight is 479 g/mol. The quantitative estimate of drug-likeness (QED) is 0.415. The number of piperazine rings is 1. The Balaban J connectivity index is 1.42. The highest BCUT2D eigenvalue weighted by Crippen LogP contribution is 2.38. The Morgan fingerprint density at radius 1 is 1.09 bits per heavy atom. The minimum absolute atomic E-state index is 0.00774. The number of aromatic nitrogens is 3. The van der Waals surface area contributed by atoms with Crippen molar-refractivity contribution in [1.29, 1.82) is 0 Å². The molecule has 2 N–H and O–H groups in total. The molecule has 2 fully saturated rings. The Bertz CT molecular complexity index is 1370. The van der Waals surface area contributed by atoms with Gasteiger partial charge in [-0.3, -0.25) is 0 Å². The van der Waals surface area contributed by atoms with Gasteiger partial charge in [-0.05, 0) is 43.2 Å². The Kier molecular flexibility index (Phi) is 5.17. The smallest absolute Gasteiger partial charge is 0.363 e. The van der Waals surface area contributed by atoms with Crippen LogP contribution in [0.3, 0.4) is 0 Å². The summed E-state index contributed by atoms with van der Waals surface area (Å²) in [6.07, 6.45) is -1.76. The van der Waals surface area contributed by atoms with Crippen LogP contribution in [-0.2, 0) is 6.18 Å². The summed E-state index contributed by atoms with van der Waals surface area (Å²) in [5.41, 5.74) is 1.51. The number of pyridine rings is 1. The van der Waals surface area contributed by atoms with Gasteiger partial charge in [0.05, 0.1) is 16.8 Å². The summed E-state index contributed by atoms with van der Waals surface area (Å²) in [6, 6.07) is 18.2. The third kappa shape index (κ3) is 3.99. The topological polar surface area (TPSA) is 58.0 Å². The average Bonchev–Trinajstić information content (AvgIpc) is 3.58. The molecule has 6 rings (SSSR count). The summed E-state index contributed by atoms with van der Waals surface area (Å²) in [5, 5.41) is 12.4. The summed E-state index contributed by atoms with van der Waals surface area (Å²) in [6.45, 7) is 3.70. The molecule has 6 nitrogen and oxygen atoms in total. The molecule has 0 radical (unpaired) electrons. The van der Waals surface area contributed by atoms with Crippen molar-refractivity contribution in [3.05, 3.63) is 78.0 Å². The van der Waals surface area contributed by atoms with E-state index in [1.807, 2.05) is 43.3 Å². The molecule has 2 aliphatic heterocycles. The fourth-order valence-electron chi connectivity index (χ4n) is 5.18. The van der Waals surface area contributed by atoms with Crippen LogP contribution in [0.2, 0.25) is 0 Å². The van der Waals surface area contributed by atoms with Crippen LogP contribution < -0.4 is 15.5 Å². The first-order valence-electron chi connectivity index (χ1n) is 11.7. The van der Waals surface area contributed by atoms with Crippen LogP contribution in [0.1, 0.15) is 30.5 Å². The monoisotopic (exact) mass is 478 g/mol. The van der Waals surface area contributed by atoms with Crippen LogP contribution in [0, 0.1) is 0 Å². The first-order valence-corrected chi connectivity index (χ1v) is 11.7. The van der Waals surface area contributed by atoms with Crippen LogP contribution >= 0.6 is 0 Å². The molecule has 0 unspecified atom stereocenters. The summed E-state index contributed by atoms with van der Waals surface area (Å²) in [4.78, 5) is 6.66. The lowest BCUT2D eigenvalue weighted by atomic mass is 10.1. The van der Waals surface area contributed by atoms with E-state index in [9.17, 15) is 13.2 Å². The van der Waals surface area contributed by atoms with Gasteiger partial charge in [0, 0.05) is 48.9 Å².